The third kappa shape index (κ3) is 3.52. The molecule has 0 unspecified atom stereocenters. The zero-order valence-electron chi connectivity index (χ0n) is 17.2. The average Bonchev–Trinajstić information content (AvgIpc) is 3.22. The fourth-order valence-corrected chi connectivity index (χ4v) is 4.55. The Morgan fingerprint density at radius 2 is 1.84 bits per heavy atom. The third-order valence-electron chi connectivity index (χ3n) is 5.06. The highest BCUT2D eigenvalue weighted by Gasteiger charge is 2.18. The highest BCUT2D eigenvalue weighted by molar-refractivity contribution is 7.21. The van der Waals surface area contributed by atoms with Crippen LogP contribution in [0.3, 0.4) is 0 Å². The summed E-state index contributed by atoms with van der Waals surface area (Å²) >= 11 is 1.45. The molecule has 0 saturated heterocycles. The van der Waals surface area contributed by atoms with Gasteiger partial charge in [-0.15, -0.1) is 11.3 Å². The Labute approximate surface area is 186 Å². The molecule has 0 aliphatic rings. The lowest BCUT2D eigenvalue weighted by molar-refractivity contribution is 0.0734. The van der Waals surface area contributed by atoms with Crippen LogP contribution in [0.4, 0.5) is 0 Å². The van der Waals surface area contributed by atoms with Crippen LogP contribution in [0.2, 0.25) is 0 Å². The third-order valence-corrected chi connectivity index (χ3v) is 6.12. The Hall–Kier alpha value is -3.97. The molecule has 32 heavy (non-hydrogen) atoms. The standard InChI is InChI=1S/C25H17NO5S/c1-14-22(24-26-19-8-3-4-9-21(19)32-24)23(27)18-11-10-17(13-20(18)30-14)31-25(28)15-6-5-7-16(12-15)29-2/h3-13H,1-2H3. The van der Waals surface area contributed by atoms with Gasteiger partial charge in [0.1, 0.15) is 27.8 Å². The number of carbonyl (C=O) groups is 1. The Morgan fingerprint density at radius 1 is 1.00 bits per heavy atom. The van der Waals surface area contributed by atoms with Crippen molar-refractivity contribution in [3.8, 4) is 22.1 Å². The van der Waals surface area contributed by atoms with Gasteiger partial charge in [-0.3, -0.25) is 4.79 Å². The van der Waals surface area contributed by atoms with Crippen molar-refractivity contribution in [2.75, 3.05) is 7.11 Å². The Kier molecular flexibility index (Phi) is 4.95. The van der Waals surface area contributed by atoms with Crippen LogP contribution >= 0.6 is 11.3 Å². The summed E-state index contributed by atoms with van der Waals surface area (Å²) < 4.78 is 17.6. The number of hydrogen-bond acceptors (Lipinski definition) is 7. The summed E-state index contributed by atoms with van der Waals surface area (Å²) in [6, 6.07) is 19.1. The van der Waals surface area contributed by atoms with Crippen molar-refractivity contribution < 1.29 is 18.7 Å². The minimum absolute atomic E-state index is 0.173. The van der Waals surface area contributed by atoms with Crippen LogP contribution in [0.25, 0.3) is 31.8 Å². The summed E-state index contributed by atoms with van der Waals surface area (Å²) in [6.07, 6.45) is 0. The zero-order valence-corrected chi connectivity index (χ0v) is 18.1. The van der Waals surface area contributed by atoms with Gasteiger partial charge in [-0.25, -0.2) is 9.78 Å². The van der Waals surface area contributed by atoms with E-state index in [1.165, 1.54) is 18.4 Å². The van der Waals surface area contributed by atoms with E-state index < -0.39 is 5.97 Å². The Balaban J connectivity index is 1.52. The second kappa shape index (κ2) is 7.94. The SMILES string of the molecule is COc1cccc(C(=O)Oc2ccc3c(=O)c(-c4nc5ccccc5s4)c(C)oc3c2)c1. The van der Waals surface area contributed by atoms with Crippen LogP contribution in [-0.4, -0.2) is 18.1 Å². The van der Waals surface area contributed by atoms with Crippen molar-refractivity contribution in [1.82, 2.24) is 4.98 Å². The molecule has 0 fully saturated rings. The number of thiazole rings is 1. The number of para-hydroxylation sites is 1. The molecule has 0 spiro atoms. The summed E-state index contributed by atoms with van der Waals surface area (Å²) in [5.41, 5.74) is 1.81. The van der Waals surface area contributed by atoms with E-state index in [0.29, 0.717) is 38.6 Å². The molecular formula is C25H17NO5S. The second-order valence-electron chi connectivity index (χ2n) is 7.13. The molecule has 6 nitrogen and oxygen atoms in total. The number of fused-ring (bicyclic) bond motifs is 2. The molecule has 0 amide bonds. The van der Waals surface area contributed by atoms with E-state index in [9.17, 15) is 9.59 Å². The molecular weight excluding hydrogens is 426 g/mol. The van der Waals surface area contributed by atoms with Crippen LogP contribution in [0.15, 0.2) is 75.9 Å². The number of methoxy groups -OCH3 is 1. The quantitative estimate of drug-likeness (QED) is 0.266. The molecule has 0 N–H and O–H groups in total. The zero-order chi connectivity index (χ0) is 22.2. The summed E-state index contributed by atoms with van der Waals surface area (Å²) in [4.78, 5) is 30.3. The molecule has 0 saturated carbocycles. The topological polar surface area (TPSA) is 78.6 Å². The number of ether oxygens (including phenoxy) is 2. The number of aryl methyl sites for hydroxylation is 1. The maximum atomic E-state index is 13.2. The van der Waals surface area contributed by atoms with Crippen LogP contribution in [-0.2, 0) is 0 Å². The van der Waals surface area contributed by atoms with Gasteiger partial charge in [0.2, 0.25) is 5.43 Å². The van der Waals surface area contributed by atoms with E-state index >= 15 is 0 Å². The van der Waals surface area contributed by atoms with Crippen LogP contribution in [0.5, 0.6) is 11.5 Å². The fraction of sp³-hybridized carbons (Fsp3) is 0.0800. The number of nitrogens with zero attached hydrogens (tertiary/aromatic N) is 1. The second-order valence-corrected chi connectivity index (χ2v) is 8.16. The van der Waals surface area contributed by atoms with Crippen molar-refractivity contribution in [3.05, 3.63) is 88.3 Å². The van der Waals surface area contributed by atoms with Gasteiger partial charge in [0.25, 0.3) is 0 Å². The van der Waals surface area contributed by atoms with Crippen LogP contribution in [0.1, 0.15) is 16.1 Å². The predicted molar refractivity (Wildman–Crippen MR) is 124 cm³/mol. The summed E-state index contributed by atoms with van der Waals surface area (Å²) in [5.74, 6) is 0.758. The van der Waals surface area contributed by atoms with E-state index in [1.54, 1.807) is 49.4 Å². The fourth-order valence-electron chi connectivity index (χ4n) is 3.49. The van der Waals surface area contributed by atoms with Gasteiger partial charge in [0.05, 0.1) is 33.8 Å². The highest BCUT2D eigenvalue weighted by Crippen LogP contribution is 2.32. The van der Waals surface area contributed by atoms with Gasteiger partial charge in [-0.05, 0) is 49.4 Å². The summed E-state index contributed by atoms with van der Waals surface area (Å²) in [6.45, 7) is 1.73. The van der Waals surface area contributed by atoms with E-state index in [1.807, 2.05) is 24.3 Å². The molecule has 0 bridgehead atoms. The minimum atomic E-state index is -0.534. The lowest BCUT2D eigenvalue weighted by atomic mass is 10.1. The number of benzene rings is 3. The number of rotatable bonds is 4. The number of aromatic nitrogens is 1. The summed E-state index contributed by atoms with van der Waals surface area (Å²) in [7, 11) is 1.53. The lowest BCUT2D eigenvalue weighted by Crippen LogP contribution is -2.10. The van der Waals surface area contributed by atoms with E-state index in [-0.39, 0.29) is 11.2 Å². The molecule has 158 valence electrons. The number of esters is 1. The van der Waals surface area contributed by atoms with Gasteiger partial charge in [-0.2, -0.15) is 0 Å². The Bertz CT molecular complexity index is 1520. The highest BCUT2D eigenvalue weighted by atomic mass is 32.1. The van der Waals surface area contributed by atoms with Crippen molar-refractivity contribution in [2.45, 2.75) is 6.92 Å². The smallest absolute Gasteiger partial charge is 0.343 e. The Morgan fingerprint density at radius 3 is 2.66 bits per heavy atom. The molecule has 2 aromatic heterocycles. The molecule has 0 radical (unpaired) electrons. The maximum Gasteiger partial charge on any atom is 0.343 e. The van der Waals surface area contributed by atoms with E-state index in [4.69, 9.17) is 13.9 Å². The van der Waals surface area contributed by atoms with Gasteiger partial charge in [0.15, 0.2) is 0 Å². The molecule has 0 aliphatic carbocycles. The van der Waals surface area contributed by atoms with Crippen molar-refractivity contribution in [1.29, 1.82) is 0 Å². The predicted octanol–water partition coefficient (Wildman–Crippen LogP) is 5.61. The maximum absolute atomic E-state index is 13.2. The first-order valence-electron chi connectivity index (χ1n) is 9.83. The van der Waals surface area contributed by atoms with Crippen molar-refractivity contribution >= 4 is 38.5 Å². The first kappa shape index (κ1) is 20.0. The molecule has 0 atom stereocenters. The average molecular weight is 443 g/mol. The first-order valence-corrected chi connectivity index (χ1v) is 10.6. The molecule has 2 heterocycles. The van der Waals surface area contributed by atoms with Crippen LogP contribution in [0, 0.1) is 6.92 Å². The molecule has 0 aliphatic heterocycles. The monoisotopic (exact) mass is 443 g/mol. The lowest BCUT2D eigenvalue weighted by Gasteiger charge is -2.08. The van der Waals surface area contributed by atoms with Gasteiger partial charge in [-0.1, -0.05) is 18.2 Å². The summed E-state index contributed by atoms with van der Waals surface area (Å²) in [5, 5.41) is 1.01. The molecule has 3 aromatic carbocycles. The van der Waals surface area contributed by atoms with Crippen molar-refractivity contribution in [2.24, 2.45) is 0 Å². The molecule has 5 rings (SSSR count). The van der Waals surface area contributed by atoms with Gasteiger partial charge in [0, 0.05) is 6.07 Å². The van der Waals surface area contributed by atoms with Gasteiger partial charge < -0.3 is 13.9 Å². The number of carbonyl (C=O) groups excluding carboxylic acids is 1. The molecule has 5 aromatic rings. The minimum Gasteiger partial charge on any atom is -0.497 e. The van der Waals surface area contributed by atoms with Crippen molar-refractivity contribution in [3.63, 3.8) is 0 Å². The number of hydrogen-bond donors (Lipinski definition) is 0. The largest absolute Gasteiger partial charge is 0.497 e. The van der Waals surface area contributed by atoms with Gasteiger partial charge >= 0.3 is 5.97 Å². The van der Waals surface area contributed by atoms with Crippen LogP contribution < -0.4 is 14.9 Å². The first-order chi connectivity index (χ1) is 15.5. The van der Waals surface area contributed by atoms with E-state index in [2.05, 4.69) is 4.98 Å². The molecule has 7 heteroatoms. The van der Waals surface area contributed by atoms with E-state index in [0.717, 1.165) is 10.2 Å². The normalized spacial score (nSPS) is 11.1.